The van der Waals surface area contributed by atoms with Crippen LogP contribution in [0.25, 0.3) is 0 Å². The Kier molecular flexibility index (Phi) is 12.1. The molecule has 9 N–H and O–H groups in total. The van der Waals surface area contributed by atoms with E-state index in [-0.39, 0.29) is 51.9 Å². The first-order valence-electron chi connectivity index (χ1n) is 23.7. The highest BCUT2D eigenvalue weighted by Gasteiger charge is 2.78. The molecule has 24 atom stereocenters. The average molecular weight is 925 g/mol. The van der Waals surface area contributed by atoms with Crippen LogP contribution in [0.15, 0.2) is 11.6 Å². The molecule has 18 heteroatoms. The molecule has 0 radical (unpaired) electrons. The summed E-state index contributed by atoms with van der Waals surface area (Å²) in [7, 11) is 1.14. The lowest BCUT2D eigenvalue weighted by molar-refractivity contribution is -0.366. The second-order valence-corrected chi connectivity index (χ2v) is 22.9. The molecule has 3 saturated heterocycles. The van der Waals surface area contributed by atoms with E-state index in [9.17, 15) is 55.5 Å². The molecule has 5 saturated carbocycles. The topological polar surface area (TPSA) is 281 Å². The number of hydrogen-bond acceptors (Lipinski definition) is 18. The summed E-state index contributed by atoms with van der Waals surface area (Å²) in [6.07, 6.45) is -12.9. The zero-order valence-corrected chi connectivity index (χ0v) is 38.5. The van der Waals surface area contributed by atoms with Crippen LogP contribution in [0, 0.1) is 56.2 Å². The van der Waals surface area contributed by atoms with E-state index in [1.165, 1.54) is 5.57 Å². The largest absolute Gasteiger partial charge is 0.467 e. The minimum Gasteiger partial charge on any atom is -0.467 e. The van der Waals surface area contributed by atoms with Gasteiger partial charge in [-0.05, 0) is 109 Å². The third-order valence-corrected chi connectivity index (χ3v) is 19.8. The summed E-state index contributed by atoms with van der Waals surface area (Å²) in [6, 6.07) is 0. The molecule has 6 aliphatic carbocycles. The monoisotopic (exact) mass is 924 g/mol. The van der Waals surface area contributed by atoms with Gasteiger partial charge in [0.25, 0.3) is 0 Å². The SMILES string of the molecule is COC(=O)[C@H]1O[C@@H](O[C@H]2CC[C@]3(C)[C@H]4CC=C5[C@@H]6C[C@@]7(C)CC[C@]6(C(=O)O[C@@H]6O[C@H](CO)[C@@H](O)[C@H](O)[C@H]6O)[C@H]7C[C@@]5(C)[C@]4(C)CC[C@H]3C2(C)C)[C@H](O[C@@H]2OC[C@@H](O)[C@H](O)[C@H]2O)[C@@H](O)[C@@H]1O. The van der Waals surface area contributed by atoms with Gasteiger partial charge in [0.05, 0.1) is 31.8 Å². The van der Waals surface area contributed by atoms with Gasteiger partial charge in [-0.15, -0.1) is 0 Å². The van der Waals surface area contributed by atoms with Crippen molar-refractivity contribution in [3.05, 3.63) is 11.6 Å². The number of allylic oxidation sites excluding steroid dienone is 2. The van der Waals surface area contributed by atoms with Crippen LogP contribution in [0.4, 0.5) is 0 Å². The van der Waals surface area contributed by atoms with Crippen molar-refractivity contribution in [1.29, 1.82) is 0 Å². The van der Waals surface area contributed by atoms with E-state index in [1.807, 2.05) is 0 Å². The molecule has 3 aliphatic heterocycles. The van der Waals surface area contributed by atoms with Crippen LogP contribution in [0.1, 0.15) is 99.3 Å². The molecule has 4 bridgehead atoms. The Hall–Kier alpha value is -1.88. The zero-order valence-electron chi connectivity index (χ0n) is 38.5. The highest BCUT2D eigenvalue weighted by molar-refractivity contribution is 5.81. The lowest BCUT2D eigenvalue weighted by atomic mass is 9.34. The Morgan fingerprint density at radius 1 is 0.723 bits per heavy atom. The summed E-state index contributed by atoms with van der Waals surface area (Å²) in [4.78, 5) is 27.5. The van der Waals surface area contributed by atoms with Crippen LogP contribution in [0.2, 0.25) is 0 Å². The molecule has 368 valence electrons. The molecule has 0 aromatic rings. The van der Waals surface area contributed by atoms with Crippen molar-refractivity contribution in [2.75, 3.05) is 20.3 Å². The minimum atomic E-state index is -1.79. The van der Waals surface area contributed by atoms with E-state index in [0.717, 1.165) is 52.1 Å². The van der Waals surface area contributed by atoms with E-state index < -0.39 is 121 Å². The Morgan fingerprint density at radius 3 is 2.12 bits per heavy atom. The third-order valence-electron chi connectivity index (χ3n) is 19.8. The number of carbonyl (C=O) groups excluding carboxylic acids is 2. The van der Waals surface area contributed by atoms with E-state index in [4.69, 9.17) is 33.2 Å². The highest BCUT2D eigenvalue weighted by Crippen LogP contribution is 2.82. The van der Waals surface area contributed by atoms with Gasteiger partial charge >= 0.3 is 11.9 Å². The molecule has 9 aliphatic rings. The third kappa shape index (κ3) is 6.77. The van der Waals surface area contributed by atoms with Gasteiger partial charge in [0, 0.05) is 0 Å². The second-order valence-electron chi connectivity index (χ2n) is 22.9. The predicted octanol–water partition coefficient (Wildman–Crippen LogP) is 0.180. The van der Waals surface area contributed by atoms with Crippen LogP contribution in [-0.2, 0) is 42.7 Å². The summed E-state index contributed by atoms with van der Waals surface area (Å²) in [5, 5.41) is 95.1. The summed E-state index contributed by atoms with van der Waals surface area (Å²) in [6.45, 7) is 12.9. The molecule has 3 heterocycles. The fraction of sp³-hybridized carbons (Fsp3) is 0.915. The first kappa shape index (κ1) is 48.2. The first-order valence-corrected chi connectivity index (χ1v) is 23.7. The number of methoxy groups -OCH3 is 1. The van der Waals surface area contributed by atoms with Crippen molar-refractivity contribution in [3.63, 3.8) is 0 Å². The maximum Gasteiger partial charge on any atom is 0.337 e. The number of fused-ring (bicyclic) bond motifs is 6. The maximum absolute atomic E-state index is 14.7. The van der Waals surface area contributed by atoms with Crippen molar-refractivity contribution < 1.29 is 88.7 Å². The van der Waals surface area contributed by atoms with E-state index in [1.54, 1.807) is 0 Å². The van der Waals surface area contributed by atoms with Crippen LogP contribution in [0.5, 0.6) is 0 Å². The second kappa shape index (κ2) is 16.4. The van der Waals surface area contributed by atoms with E-state index in [2.05, 4.69) is 47.6 Å². The number of ether oxygens (including phenoxy) is 7. The van der Waals surface area contributed by atoms with Gasteiger partial charge < -0.3 is 79.1 Å². The Balaban J connectivity index is 0.970. The molecule has 8 fully saturated rings. The number of carbonyl (C=O) groups is 2. The van der Waals surface area contributed by atoms with Crippen molar-refractivity contribution in [2.45, 2.75) is 191 Å². The summed E-state index contributed by atoms with van der Waals surface area (Å²) >= 11 is 0. The number of aliphatic hydroxyl groups is 9. The van der Waals surface area contributed by atoms with Gasteiger partial charge in [-0.25, -0.2) is 4.79 Å². The van der Waals surface area contributed by atoms with Crippen LogP contribution in [-0.4, -0.2) is 170 Å². The summed E-state index contributed by atoms with van der Waals surface area (Å²) in [5.41, 5.74) is -0.715. The van der Waals surface area contributed by atoms with Crippen molar-refractivity contribution in [2.24, 2.45) is 56.2 Å². The smallest absolute Gasteiger partial charge is 0.337 e. The molecular weight excluding hydrogens is 852 g/mol. The van der Waals surface area contributed by atoms with Crippen molar-refractivity contribution >= 4 is 11.9 Å². The predicted molar refractivity (Wildman–Crippen MR) is 222 cm³/mol. The Morgan fingerprint density at radius 2 is 1.43 bits per heavy atom. The van der Waals surface area contributed by atoms with E-state index in [0.29, 0.717) is 12.8 Å². The summed E-state index contributed by atoms with van der Waals surface area (Å²) in [5.74, 6) is -1.08. The highest BCUT2D eigenvalue weighted by atomic mass is 16.8. The normalized spacial score (nSPS) is 55.6. The van der Waals surface area contributed by atoms with Gasteiger partial charge in [-0.1, -0.05) is 53.2 Å². The van der Waals surface area contributed by atoms with Crippen LogP contribution >= 0.6 is 0 Å². The molecule has 0 aromatic carbocycles. The minimum absolute atomic E-state index is 0.0111. The molecule has 0 spiro atoms. The van der Waals surface area contributed by atoms with Crippen molar-refractivity contribution in [1.82, 2.24) is 0 Å². The van der Waals surface area contributed by atoms with Gasteiger partial charge in [0.15, 0.2) is 18.7 Å². The average Bonchev–Trinajstić information content (AvgIpc) is 3.64. The quantitative estimate of drug-likeness (QED) is 0.0892. The number of aliphatic hydroxyl groups excluding tert-OH is 9. The molecular formula is C47H72O18. The van der Waals surface area contributed by atoms with Gasteiger partial charge in [0.1, 0.15) is 61.0 Å². The first-order chi connectivity index (χ1) is 30.4. The van der Waals surface area contributed by atoms with Gasteiger partial charge in [0.2, 0.25) is 6.29 Å². The molecule has 0 amide bonds. The Labute approximate surface area is 379 Å². The molecule has 0 aromatic heterocycles. The van der Waals surface area contributed by atoms with Crippen LogP contribution in [0.3, 0.4) is 0 Å². The van der Waals surface area contributed by atoms with Gasteiger partial charge in [-0.3, -0.25) is 4.79 Å². The lowest BCUT2D eigenvalue weighted by Crippen LogP contribution is -2.67. The fourth-order valence-corrected chi connectivity index (χ4v) is 16.0. The van der Waals surface area contributed by atoms with Gasteiger partial charge in [-0.2, -0.15) is 0 Å². The number of hydrogen-bond donors (Lipinski definition) is 9. The fourth-order valence-electron chi connectivity index (χ4n) is 16.0. The lowest BCUT2D eigenvalue weighted by Gasteiger charge is -2.70. The maximum atomic E-state index is 14.7. The molecule has 65 heavy (non-hydrogen) atoms. The standard InChI is InChI=1S/C47H72O18/c1-42(2)24-10-13-45(5)25(44(24,4)12-11-27(42)62-40-36(32(54)31(53)35(63-40)37(57)59-7)64-38-33(55)28(50)22(49)19-60-38)9-8-20-21-16-43(3)14-15-47(21,26(43)17-46(20,45)6)41(58)65-39-34(56)30(52)29(51)23(18-48)61-39/h8,21-36,38-40,48-56H,9-19H2,1-7H3/t21-,22+,23+,24-,25+,26-,27-,28-,29+,30-,31-,32-,33+,34+,35-,36+,38-,39-,40+,43+,44-,45+,46+,47+/m0/s1. The zero-order chi connectivity index (χ0) is 47.1. The van der Waals surface area contributed by atoms with E-state index >= 15 is 0 Å². The summed E-state index contributed by atoms with van der Waals surface area (Å²) < 4.78 is 40.9. The molecule has 0 unspecified atom stereocenters. The number of rotatable bonds is 8. The number of esters is 2. The van der Waals surface area contributed by atoms with Crippen molar-refractivity contribution in [3.8, 4) is 0 Å². The molecule has 18 nitrogen and oxygen atoms in total. The Bertz CT molecular complexity index is 1880. The van der Waals surface area contributed by atoms with Crippen LogP contribution < -0.4 is 0 Å². The molecule has 9 rings (SSSR count).